The minimum absolute atomic E-state index is 0.000383. The summed E-state index contributed by atoms with van der Waals surface area (Å²) >= 11 is 10.5. The van der Waals surface area contributed by atoms with Gasteiger partial charge in [-0.05, 0) is 36.5 Å². The van der Waals surface area contributed by atoms with E-state index in [1.807, 2.05) is 0 Å². The summed E-state index contributed by atoms with van der Waals surface area (Å²) in [5.41, 5.74) is 1.87. The molecule has 31 heavy (non-hydrogen) atoms. The first-order chi connectivity index (χ1) is 14.8. The Labute approximate surface area is 194 Å². The molecule has 0 bridgehead atoms. The fourth-order valence-electron chi connectivity index (χ4n) is 3.49. The number of thiol groups is 1. The summed E-state index contributed by atoms with van der Waals surface area (Å²) in [4.78, 5) is 28.4. The molecule has 0 aliphatic rings. The molecule has 2 N–H and O–H groups in total. The standard InChI is InChI=1S/C23H32ClN3O3S/c1-4-5-6-21-25-11-18(12-26-22(28)17(14-31)9-15(2)3)27(21)13-16-7-8-19(23(29)30)20(24)10-16/h7-8,10-11,15,17,31H,4-6,9,12-14H2,1-3H3,(H,26,28)(H,29,30)/t17-/m0/s1. The molecule has 0 radical (unpaired) electrons. The van der Waals surface area contributed by atoms with Gasteiger partial charge in [0.2, 0.25) is 5.91 Å². The van der Waals surface area contributed by atoms with Gasteiger partial charge in [-0.25, -0.2) is 9.78 Å². The van der Waals surface area contributed by atoms with Crippen LogP contribution in [0.2, 0.25) is 5.02 Å². The zero-order valence-corrected chi connectivity index (χ0v) is 20.0. The molecule has 1 amide bonds. The van der Waals surface area contributed by atoms with Crippen molar-refractivity contribution in [3.05, 3.63) is 52.1 Å². The first-order valence-electron chi connectivity index (χ1n) is 10.7. The van der Waals surface area contributed by atoms with Crippen LogP contribution in [0.25, 0.3) is 0 Å². The van der Waals surface area contributed by atoms with Crippen molar-refractivity contribution in [3.8, 4) is 0 Å². The summed E-state index contributed by atoms with van der Waals surface area (Å²) in [5, 5.41) is 12.4. The highest BCUT2D eigenvalue weighted by Gasteiger charge is 2.19. The van der Waals surface area contributed by atoms with E-state index in [0.717, 1.165) is 42.8 Å². The molecule has 0 spiro atoms. The average molecular weight is 466 g/mol. The number of benzene rings is 1. The van der Waals surface area contributed by atoms with Gasteiger partial charge < -0.3 is 15.0 Å². The molecule has 0 aliphatic carbocycles. The fraction of sp³-hybridized carbons (Fsp3) is 0.522. The number of unbranched alkanes of at least 4 members (excludes halogenated alkanes) is 1. The lowest BCUT2D eigenvalue weighted by molar-refractivity contribution is -0.124. The summed E-state index contributed by atoms with van der Waals surface area (Å²) in [6.45, 7) is 7.21. The van der Waals surface area contributed by atoms with E-state index >= 15 is 0 Å². The first-order valence-corrected chi connectivity index (χ1v) is 11.7. The van der Waals surface area contributed by atoms with Crippen molar-refractivity contribution in [2.24, 2.45) is 11.8 Å². The molecule has 1 heterocycles. The number of halogens is 1. The third kappa shape index (κ3) is 7.28. The van der Waals surface area contributed by atoms with Crippen LogP contribution in [-0.2, 0) is 24.3 Å². The maximum atomic E-state index is 12.6. The van der Waals surface area contributed by atoms with Gasteiger partial charge in [-0.15, -0.1) is 0 Å². The average Bonchev–Trinajstić information content (AvgIpc) is 3.09. The van der Waals surface area contributed by atoms with Crippen LogP contribution in [0.3, 0.4) is 0 Å². The molecule has 170 valence electrons. The zero-order chi connectivity index (χ0) is 23.0. The van der Waals surface area contributed by atoms with E-state index in [1.165, 1.54) is 6.07 Å². The number of nitrogens with zero attached hydrogens (tertiary/aromatic N) is 2. The molecule has 1 aromatic carbocycles. The molecule has 6 nitrogen and oxygen atoms in total. The molecule has 8 heteroatoms. The summed E-state index contributed by atoms with van der Waals surface area (Å²) in [7, 11) is 0. The zero-order valence-electron chi connectivity index (χ0n) is 18.4. The topological polar surface area (TPSA) is 84.2 Å². The lowest BCUT2D eigenvalue weighted by atomic mass is 9.98. The van der Waals surface area contributed by atoms with E-state index in [1.54, 1.807) is 18.3 Å². The van der Waals surface area contributed by atoms with Crippen molar-refractivity contribution in [1.29, 1.82) is 0 Å². The predicted molar refractivity (Wildman–Crippen MR) is 127 cm³/mol. The lowest BCUT2D eigenvalue weighted by Gasteiger charge is -2.18. The van der Waals surface area contributed by atoms with Gasteiger partial charge in [0, 0.05) is 24.6 Å². The Morgan fingerprint density at radius 3 is 2.65 bits per heavy atom. The maximum Gasteiger partial charge on any atom is 0.337 e. The van der Waals surface area contributed by atoms with Crippen LogP contribution in [0, 0.1) is 11.8 Å². The molecule has 0 aliphatic heterocycles. The smallest absolute Gasteiger partial charge is 0.337 e. The Bertz CT molecular complexity index is 898. The first kappa shape index (κ1) is 25.3. The van der Waals surface area contributed by atoms with Gasteiger partial charge in [-0.2, -0.15) is 12.6 Å². The third-order valence-electron chi connectivity index (χ3n) is 5.17. The van der Waals surface area contributed by atoms with Crippen molar-refractivity contribution < 1.29 is 14.7 Å². The highest BCUT2D eigenvalue weighted by molar-refractivity contribution is 7.80. The van der Waals surface area contributed by atoms with Crippen molar-refractivity contribution in [2.45, 2.75) is 59.5 Å². The summed E-state index contributed by atoms with van der Waals surface area (Å²) < 4.78 is 2.08. The second-order valence-electron chi connectivity index (χ2n) is 8.20. The maximum absolute atomic E-state index is 12.6. The Morgan fingerprint density at radius 1 is 1.32 bits per heavy atom. The van der Waals surface area contributed by atoms with Gasteiger partial charge in [-0.3, -0.25) is 4.79 Å². The number of nitrogens with one attached hydrogen (secondary N) is 1. The van der Waals surface area contributed by atoms with E-state index in [4.69, 9.17) is 11.6 Å². The van der Waals surface area contributed by atoms with E-state index < -0.39 is 5.97 Å². The number of aromatic carboxylic acids is 1. The number of amides is 1. The number of imidazole rings is 1. The van der Waals surface area contributed by atoms with Crippen molar-refractivity contribution >= 4 is 36.1 Å². The SMILES string of the molecule is CCCCc1ncc(CNC(=O)[C@H](CS)CC(C)C)n1Cc1ccc(C(=O)O)c(Cl)c1. The van der Waals surface area contributed by atoms with Gasteiger partial charge in [0.15, 0.2) is 0 Å². The van der Waals surface area contributed by atoms with E-state index in [-0.39, 0.29) is 22.4 Å². The minimum Gasteiger partial charge on any atom is -0.478 e. The summed E-state index contributed by atoms with van der Waals surface area (Å²) in [6.07, 6.45) is 5.49. The number of carbonyl (C=O) groups excluding carboxylic acids is 1. The largest absolute Gasteiger partial charge is 0.478 e. The van der Waals surface area contributed by atoms with Gasteiger partial charge >= 0.3 is 5.97 Å². The van der Waals surface area contributed by atoms with Crippen LogP contribution in [0.15, 0.2) is 24.4 Å². The Hall–Kier alpha value is -1.99. The van der Waals surface area contributed by atoms with E-state index in [9.17, 15) is 14.7 Å². The van der Waals surface area contributed by atoms with Gasteiger partial charge in [0.25, 0.3) is 0 Å². The number of carboxylic acids is 1. The van der Waals surface area contributed by atoms with Gasteiger partial charge in [0.05, 0.1) is 29.0 Å². The van der Waals surface area contributed by atoms with E-state index in [0.29, 0.717) is 24.8 Å². The molecule has 1 atom stereocenters. The molecular weight excluding hydrogens is 434 g/mol. The predicted octanol–water partition coefficient (Wildman–Crippen LogP) is 4.83. The second kappa shape index (κ2) is 12.2. The number of hydrogen-bond acceptors (Lipinski definition) is 4. The van der Waals surface area contributed by atoms with Crippen molar-refractivity contribution in [3.63, 3.8) is 0 Å². The highest BCUT2D eigenvalue weighted by atomic mass is 35.5. The molecule has 0 fully saturated rings. The number of carbonyl (C=O) groups is 2. The summed E-state index contributed by atoms with van der Waals surface area (Å²) in [5.74, 6) is 0.706. The van der Waals surface area contributed by atoms with Crippen molar-refractivity contribution in [1.82, 2.24) is 14.9 Å². The summed E-state index contributed by atoms with van der Waals surface area (Å²) in [6, 6.07) is 4.96. The van der Waals surface area contributed by atoms with Gasteiger partial charge in [-0.1, -0.05) is 44.9 Å². The van der Waals surface area contributed by atoms with Crippen LogP contribution in [0.5, 0.6) is 0 Å². The van der Waals surface area contributed by atoms with Crippen LogP contribution >= 0.6 is 24.2 Å². The fourth-order valence-corrected chi connectivity index (χ4v) is 4.09. The molecule has 0 saturated heterocycles. The second-order valence-corrected chi connectivity index (χ2v) is 8.97. The van der Waals surface area contributed by atoms with Crippen LogP contribution in [0.4, 0.5) is 0 Å². The number of carboxylic acid groups (broad SMARTS) is 1. The number of hydrogen-bond donors (Lipinski definition) is 3. The molecule has 0 saturated carbocycles. The highest BCUT2D eigenvalue weighted by Crippen LogP contribution is 2.20. The quantitative estimate of drug-likeness (QED) is 0.392. The Kier molecular flexibility index (Phi) is 9.91. The molecule has 2 aromatic rings. The van der Waals surface area contributed by atoms with Crippen LogP contribution in [0.1, 0.15) is 67.5 Å². The van der Waals surface area contributed by atoms with Crippen LogP contribution < -0.4 is 5.32 Å². The normalized spacial score (nSPS) is 12.2. The Balaban J connectivity index is 2.21. The lowest BCUT2D eigenvalue weighted by Crippen LogP contribution is -2.32. The number of aryl methyl sites for hydroxylation is 1. The Morgan fingerprint density at radius 2 is 2.06 bits per heavy atom. The van der Waals surface area contributed by atoms with E-state index in [2.05, 4.69) is 48.3 Å². The molecule has 1 aromatic heterocycles. The van der Waals surface area contributed by atoms with Crippen molar-refractivity contribution in [2.75, 3.05) is 5.75 Å². The number of aromatic nitrogens is 2. The molecular formula is C23H32ClN3O3S. The van der Waals surface area contributed by atoms with Gasteiger partial charge in [0.1, 0.15) is 5.82 Å². The minimum atomic E-state index is -1.05. The molecule has 2 rings (SSSR count). The third-order valence-corrected chi connectivity index (χ3v) is 5.92. The monoisotopic (exact) mass is 465 g/mol. The van der Waals surface area contributed by atoms with Crippen LogP contribution in [-0.4, -0.2) is 32.3 Å². The molecule has 0 unspecified atom stereocenters. The number of rotatable bonds is 12.